The number of aryl methyl sites for hydroxylation is 1. The van der Waals surface area contributed by atoms with E-state index in [1.54, 1.807) is 0 Å². The summed E-state index contributed by atoms with van der Waals surface area (Å²) in [7, 11) is 0. The lowest BCUT2D eigenvalue weighted by atomic mass is 9.70. The van der Waals surface area contributed by atoms with Gasteiger partial charge in [-0.1, -0.05) is 32.5 Å². The SMILES string of the molecule is CCCSc1nc2c(c(=O)[nH]1)[C@@H](c1ccc(C)o1)C1=C(CC(C)(C)CC1=O)N2. The van der Waals surface area contributed by atoms with Crippen LogP contribution in [-0.2, 0) is 4.79 Å². The van der Waals surface area contributed by atoms with Gasteiger partial charge in [-0.15, -0.1) is 0 Å². The number of hydrogen-bond acceptors (Lipinski definition) is 6. The predicted octanol–water partition coefficient (Wildman–Crippen LogP) is 4.37. The van der Waals surface area contributed by atoms with Crippen molar-refractivity contribution in [3.63, 3.8) is 0 Å². The molecular formula is C21H25N3O3S. The number of aromatic nitrogens is 2. The molecule has 0 radical (unpaired) electrons. The predicted molar refractivity (Wildman–Crippen MR) is 110 cm³/mol. The Bertz CT molecular complexity index is 1030. The van der Waals surface area contributed by atoms with Crippen molar-refractivity contribution in [1.82, 2.24) is 9.97 Å². The van der Waals surface area contributed by atoms with Crippen LogP contribution in [0.15, 0.2) is 37.8 Å². The quantitative estimate of drug-likeness (QED) is 0.586. The molecule has 1 atom stereocenters. The number of allylic oxidation sites excluding steroid dienone is 2. The van der Waals surface area contributed by atoms with Crippen LogP contribution in [0.2, 0.25) is 0 Å². The third-order valence-corrected chi connectivity index (χ3v) is 6.27. The minimum atomic E-state index is -0.523. The fourth-order valence-corrected chi connectivity index (χ4v) is 4.77. The number of nitrogens with zero attached hydrogens (tertiary/aromatic N) is 1. The molecular weight excluding hydrogens is 374 g/mol. The van der Waals surface area contributed by atoms with Gasteiger partial charge in [0.2, 0.25) is 0 Å². The van der Waals surface area contributed by atoms with Crippen LogP contribution in [0.25, 0.3) is 0 Å². The summed E-state index contributed by atoms with van der Waals surface area (Å²) in [6.45, 7) is 8.13. The first kappa shape index (κ1) is 19.1. The van der Waals surface area contributed by atoms with Crippen LogP contribution in [-0.4, -0.2) is 21.5 Å². The molecule has 0 spiro atoms. The van der Waals surface area contributed by atoms with E-state index in [1.807, 2.05) is 19.1 Å². The maximum absolute atomic E-state index is 13.1. The molecule has 6 nitrogen and oxygen atoms in total. The molecule has 0 bridgehead atoms. The number of carbonyl (C=O) groups is 1. The van der Waals surface area contributed by atoms with Gasteiger partial charge in [-0.05, 0) is 37.3 Å². The fourth-order valence-electron chi connectivity index (χ4n) is 4.05. The number of rotatable bonds is 4. The fraction of sp³-hybridized carbons (Fsp3) is 0.476. The molecule has 2 aliphatic rings. The molecule has 1 aliphatic carbocycles. The minimum absolute atomic E-state index is 0.0623. The topological polar surface area (TPSA) is 88.0 Å². The maximum atomic E-state index is 13.1. The van der Waals surface area contributed by atoms with Crippen molar-refractivity contribution in [1.29, 1.82) is 0 Å². The highest BCUT2D eigenvalue weighted by Crippen LogP contribution is 2.47. The second kappa shape index (κ2) is 6.95. The molecule has 0 aromatic carbocycles. The van der Waals surface area contributed by atoms with Crippen molar-refractivity contribution in [2.45, 2.75) is 58.0 Å². The summed E-state index contributed by atoms with van der Waals surface area (Å²) in [5.41, 5.74) is 1.60. The summed E-state index contributed by atoms with van der Waals surface area (Å²) in [4.78, 5) is 33.7. The van der Waals surface area contributed by atoms with Crippen LogP contribution in [0.3, 0.4) is 0 Å². The number of anilines is 1. The van der Waals surface area contributed by atoms with Crippen LogP contribution in [0, 0.1) is 12.3 Å². The Balaban J connectivity index is 1.90. The van der Waals surface area contributed by atoms with Crippen molar-refractivity contribution in [2.24, 2.45) is 5.41 Å². The lowest BCUT2D eigenvalue weighted by Crippen LogP contribution is -2.36. The van der Waals surface area contributed by atoms with Gasteiger partial charge in [0.25, 0.3) is 5.56 Å². The van der Waals surface area contributed by atoms with E-state index in [0.717, 1.165) is 30.1 Å². The average molecular weight is 400 g/mol. The third kappa shape index (κ3) is 3.32. The van der Waals surface area contributed by atoms with E-state index in [0.29, 0.717) is 34.3 Å². The summed E-state index contributed by atoms with van der Waals surface area (Å²) in [6, 6.07) is 3.72. The largest absolute Gasteiger partial charge is 0.465 e. The van der Waals surface area contributed by atoms with Crippen LogP contribution >= 0.6 is 11.8 Å². The zero-order chi connectivity index (χ0) is 20.1. The lowest BCUT2D eigenvalue weighted by Gasteiger charge is -2.37. The first-order chi connectivity index (χ1) is 13.3. The number of nitrogens with one attached hydrogen (secondary N) is 2. The second-order valence-corrected chi connectivity index (χ2v) is 9.41. The van der Waals surface area contributed by atoms with Crippen molar-refractivity contribution in [3.05, 3.63) is 50.8 Å². The van der Waals surface area contributed by atoms with Crippen molar-refractivity contribution in [2.75, 3.05) is 11.1 Å². The number of H-pyrrole nitrogens is 1. The molecule has 7 heteroatoms. The highest BCUT2D eigenvalue weighted by Gasteiger charge is 2.43. The molecule has 2 N–H and O–H groups in total. The first-order valence-electron chi connectivity index (χ1n) is 9.65. The monoisotopic (exact) mass is 399 g/mol. The number of aromatic amines is 1. The Kier molecular flexibility index (Phi) is 4.73. The molecule has 0 unspecified atom stereocenters. The molecule has 0 saturated carbocycles. The van der Waals surface area contributed by atoms with Crippen LogP contribution in [0.4, 0.5) is 5.82 Å². The van der Waals surface area contributed by atoms with E-state index < -0.39 is 5.92 Å². The number of furan rings is 1. The zero-order valence-electron chi connectivity index (χ0n) is 16.6. The van der Waals surface area contributed by atoms with Gasteiger partial charge < -0.3 is 14.7 Å². The molecule has 28 heavy (non-hydrogen) atoms. The number of carbonyl (C=O) groups excluding carboxylic acids is 1. The summed E-state index contributed by atoms with van der Waals surface area (Å²) in [5.74, 6) is 2.31. The Labute approximate surface area is 168 Å². The van der Waals surface area contributed by atoms with E-state index in [1.165, 1.54) is 11.8 Å². The molecule has 4 rings (SSSR count). The molecule has 1 aliphatic heterocycles. The second-order valence-electron chi connectivity index (χ2n) is 8.32. The molecule has 2 aromatic heterocycles. The van der Waals surface area contributed by atoms with Gasteiger partial charge in [-0.25, -0.2) is 4.98 Å². The van der Waals surface area contributed by atoms with Crippen molar-refractivity contribution in [3.8, 4) is 0 Å². The number of thioether (sulfide) groups is 1. The van der Waals surface area contributed by atoms with E-state index in [2.05, 4.69) is 36.1 Å². The van der Waals surface area contributed by atoms with Gasteiger partial charge in [0.1, 0.15) is 17.3 Å². The Morgan fingerprint density at radius 2 is 2.07 bits per heavy atom. The Morgan fingerprint density at radius 3 is 2.75 bits per heavy atom. The summed E-state index contributed by atoms with van der Waals surface area (Å²) < 4.78 is 5.88. The van der Waals surface area contributed by atoms with Gasteiger partial charge in [0, 0.05) is 23.4 Å². The minimum Gasteiger partial charge on any atom is -0.465 e. The third-order valence-electron chi connectivity index (χ3n) is 5.19. The summed E-state index contributed by atoms with van der Waals surface area (Å²) >= 11 is 1.53. The van der Waals surface area contributed by atoms with Crippen molar-refractivity contribution < 1.29 is 9.21 Å². The molecule has 0 fully saturated rings. The zero-order valence-corrected chi connectivity index (χ0v) is 17.5. The Hall–Kier alpha value is -2.28. The normalized spacial score (nSPS) is 20.6. The van der Waals surface area contributed by atoms with E-state index in [-0.39, 0.29) is 16.8 Å². The lowest BCUT2D eigenvalue weighted by molar-refractivity contribution is -0.118. The molecule has 3 heterocycles. The maximum Gasteiger partial charge on any atom is 0.257 e. The molecule has 0 amide bonds. The summed E-state index contributed by atoms with van der Waals surface area (Å²) in [5, 5.41) is 3.92. The van der Waals surface area contributed by atoms with Gasteiger partial charge in [-0.2, -0.15) is 0 Å². The first-order valence-corrected chi connectivity index (χ1v) is 10.6. The molecule has 0 saturated heterocycles. The smallest absolute Gasteiger partial charge is 0.257 e. The molecule has 148 valence electrons. The van der Waals surface area contributed by atoms with Gasteiger partial charge in [0.15, 0.2) is 10.9 Å². The summed E-state index contributed by atoms with van der Waals surface area (Å²) in [6.07, 6.45) is 2.18. The average Bonchev–Trinajstić information content (AvgIpc) is 3.03. The van der Waals surface area contributed by atoms with Gasteiger partial charge in [-0.3, -0.25) is 9.59 Å². The molecule has 2 aromatic rings. The van der Waals surface area contributed by atoms with E-state index in [9.17, 15) is 9.59 Å². The highest BCUT2D eigenvalue weighted by atomic mass is 32.2. The Morgan fingerprint density at radius 1 is 1.29 bits per heavy atom. The van der Waals surface area contributed by atoms with Crippen LogP contribution in [0.1, 0.15) is 63.0 Å². The number of Topliss-reactive ketones (excluding diaryl/α,β-unsaturated/α-hetero) is 1. The van der Waals surface area contributed by atoms with E-state index >= 15 is 0 Å². The number of fused-ring (bicyclic) bond motifs is 1. The van der Waals surface area contributed by atoms with Gasteiger partial charge >= 0.3 is 0 Å². The van der Waals surface area contributed by atoms with Crippen molar-refractivity contribution >= 4 is 23.4 Å². The standard InChI is InChI=1S/C21H25N3O3S/c1-5-8-28-20-23-18-17(19(26)24-20)16(14-7-6-11(2)27-14)15-12(22-18)9-21(3,4)10-13(15)25/h6-7,16H,5,8-10H2,1-4H3,(H2,22,23,24,26)/t16-/m0/s1. The number of ketones is 1. The van der Waals surface area contributed by atoms with Gasteiger partial charge in [0.05, 0.1) is 11.5 Å². The highest BCUT2D eigenvalue weighted by molar-refractivity contribution is 7.99. The number of hydrogen-bond donors (Lipinski definition) is 2. The van der Waals surface area contributed by atoms with Crippen LogP contribution < -0.4 is 10.9 Å². The van der Waals surface area contributed by atoms with E-state index in [4.69, 9.17) is 4.42 Å². The van der Waals surface area contributed by atoms with Crippen LogP contribution in [0.5, 0.6) is 0 Å².